The molecule has 1 atom stereocenters. The van der Waals surface area contributed by atoms with Crippen LogP contribution in [-0.2, 0) is 6.42 Å². The number of carbonyl (C=O) groups is 1. The number of hydrogen-bond acceptors (Lipinski definition) is 6. The highest BCUT2D eigenvalue weighted by atomic mass is 32.1. The molecular weight excluding hydrogens is 452 g/mol. The first-order valence-corrected chi connectivity index (χ1v) is 10.8. The molecule has 0 fully saturated rings. The van der Waals surface area contributed by atoms with Crippen molar-refractivity contribution in [2.45, 2.75) is 25.8 Å². The molecule has 0 bridgehead atoms. The van der Waals surface area contributed by atoms with E-state index in [4.69, 9.17) is 10.5 Å². The summed E-state index contributed by atoms with van der Waals surface area (Å²) in [4.78, 5) is 28.4. The van der Waals surface area contributed by atoms with Gasteiger partial charge in [0, 0.05) is 12.5 Å². The Morgan fingerprint density at radius 3 is 2.64 bits per heavy atom. The van der Waals surface area contributed by atoms with Gasteiger partial charge in [-0.25, -0.2) is 18.6 Å². The molecule has 1 aliphatic rings. The van der Waals surface area contributed by atoms with Crippen LogP contribution in [0.5, 0.6) is 10.8 Å². The third-order valence-corrected chi connectivity index (χ3v) is 6.47. The van der Waals surface area contributed by atoms with E-state index in [0.717, 1.165) is 27.6 Å². The van der Waals surface area contributed by atoms with Crippen LogP contribution >= 0.6 is 11.3 Å². The lowest BCUT2D eigenvalue weighted by molar-refractivity contribution is 0.1000. The van der Waals surface area contributed by atoms with Gasteiger partial charge in [0.2, 0.25) is 5.06 Å². The van der Waals surface area contributed by atoms with Crippen molar-refractivity contribution in [1.82, 2.24) is 19.3 Å². The van der Waals surface area contributed by atoms with Crippen LogP contribution in [0.1, 0.15) is 39.3 Å². The zero-order chi connectivity index (χ0) is 23.3. The summed E-state index contributed by atoms with van der Waals surface area (Å²) in [5.41, 5.74) is 6.27. The Bertz CT molecular complexity index is 1440. The zero-order valence-electron chi connectivity index (χ0n) is 17.3. The maximum absolute atomic E-state index is 14.8. The number of fused-ring (bicyclic) bond motifs is 1. The monoisotopic (exact) mass is 469 g/mol. The average molecular weight is 469 g/mol. The van der Waals surface area contributed by atoms with Gasteiger partial charge < -0.3 is 10.5 Å². The number of nitrogens with two attached hydrogens (primary N) is 1. The van der Waals surface area contributed by atoms with E-state index in [0.29, 0.717) is 24.4 Å². The smallest absolute Gasteiger partial charge is 0.351 e. The Hall–Kier alpha value is -3.86. The summed E-state index contributed by atoms with van der Waals surface area (Å²) in [6.07, 6.45) is 1.24. The Morgan fingerprint density at radius 1 is 1.21 bits per heavy atom. The molecule has 3 heterocycles. The van der Waals surface area contributed by atoms with E-state index in [-0.39, 0.29) is 33.4 Å². The number of rotatable bonds is 5. The molecular formula is C22H17F2N5O3S. The number of amides is 1. The van der Waals surface area contributed by atoms with Gasteiger partial charge in [0.05, 0.1) is 17.4 Å². The first-order chi connectivity index (χ1) is 15.8. The van der Waals surface area contributed by atoms with Gasteiger partial charge in [-0.1, -0.05) is 23.5 Å². The fourth-order valence-corrected chi connectivity index (χ4v) is 4.64. The summed E-state index contributed by atoms with van der Waals surface area (Å²) < 4.78 is 36.4. The standard InChI is InChI=1S/C22H17F2N5O3S/c1-11-21(33-20(26-11)19(25)30)32-17-8-6-14(10-15(17)24)29-22(31)28-16(7-9-18(28)27-29)12-2-4-13(23)5-3-12/h2-6,8,10,16H,7,9H2,1H3,(H2,25,30)/t16-/m0/s1. The van der Waals surface area contributed by atoms with Crippen molar-refractivity contribution in [1.29, 1.82) is 0 Å². The molecule has 0 saturated carbocycles. The number of aromatic nitrogens is 4. The second-order valence-corrected chi connectivity index (χ2v) is 8.52. The molecule has 0 radical (unpaired) electrons. The number of nitrogens with zero attached hydrogens (tertiary/aromatic N) is 4. The van der Waals surface area contributed by atoms with Gasteiger partial charge in [-0.3, -0.25) is 9.36 Å². The number of ether oxygens (including phenoxy) is 1. The molecule has 2 aromatic heterocycles. The molecule has 5 rings (SSSR count). The van der Waals surface area contributed by atoms with Crippen LogP contribution in [0, 0.1) is 18.6 Å². The second kappa shape index (κ2) is 7.93. The minimum Gasteiger partial charge on any atom is -0.442 e. The number of primary amides is 1. The fraction of sp³-hybridized carbons (Fsp3) is 0.182. The maximum Gasteiger partial charge on any atom is 0.351 e. The number of hydrogen-bond donors (Lipinski definition) is 1. The van der Waals surface area contributed by atoms with Crippen molar-refractivity contribution in [2.75, 3.05) is 0 Å². The lowest BCUT2D eigenvalue weighted by atomic mass is 10.1. The van der Waals surface area contributed by atoms with Crippen molar-refractivity contribution in [2.24, 2.45) is 5.73 Å². The SMILES string of the molecule is Cc1nc(C(N)=O)sc1Oc1ccc(-n2nc3n(c2=O)[C@H](c2ccc(F)cc2)CC3)cc1F. The number of halogens is 2. The van der Waals surface area contributed by atoms with Crippen LogP contribution in [0.3, 0.4) is 0 Å². The van der Waals surface area contributed by atoms with E-state index in [9.17, 15) is 18.4 Å². The van der Waals surface area contributed by atoms with E-state index in [1.807, 2.05) is 0 Å². The first kappa shape index (κ1) is 21.0. The van der Waals surface area contributed by atoms with Gasteiger partial charge in [-0.05, 0) is 43.2 Å². The van der Waals surface area contributed by atoms with Crippen molar-refractivity contribution in [3.05, 3.63) is 86.7 Å². The highest BCUT2D eigenvalue weighted by molar-refractivity contribution is 7.15. The average Bonchev–Trinajstić information content (AvgIpc) is 3.45. The molecule has 4 aromatic rings. The molecule has 2 aromatic carbocycles. The Kier molecular flexibility index (Phi) is 5.05. The molecule has 0 unspecified atom stereocenters. The molecule has 33 heavy (non-hydrogen) atoms. The number of thiazole rings is 1. The van der Waals surface area contributed by atoms with Crippen LogP contribution in [-0.4, -0.2) is 25.2 Å². The topological polar surface area (TPSA) is 105 Å². The predicted octanol–water partition coefficient (Wildman–Crippen LogP) is 3.50. The minimum atomic E-state index is -0.712. The first-order valence-electron chi connectivity index (χ1n) is 10.0. The predicted molar refractivity (Wildman–Crippen MR) is 116 cm³/mol. The minimum absolute atomic E-state index is 0.0642. The highest BCUT2D eigenvalue weighted by Gasteiger charge is 2.29. The van der Waals surface area contributed by atoms with E-state index in [2.05, 4.69) is 10.1 Å². The molecule has 1 amide bonds. The summed E-state index contributed by atoms with van der Waals surface area (Å²) in [5, 5.41) is 4.68. The molecule has 8 nitrogen and oxygen atoms in total. The Labute approximate surface area is 189 Å². The van der Waals surface area contributed by atoms with Crippen molar-refractivity contribution in [3.63, 3.8) is 0 Å². The van der Waals surface area contributed by atoms with E-state index in [1.54, 1.807) is 23.6 Å². The summed E-state index contributed by atoms with van der Waals surface area (Å²) in [5.74, 6) is -1.27. The van der Waals surface area contributed by atoms with Crippen LogP contribution in [0.4, 0.5) is 8.78 Å². The highest BCUT2D eigenvalue weighted by Crippen LogP contribution is 2.34. The number of benzene rings is 2. The van der Waals surface area contributed by atoms with Crippen molar-refractivity contribution < 1.29 is 18.3 Å². The van der Waals surface area contributed by atoms with E-state index >= 15 is 0 Å². The molecule has 1 aliphatic heterocycles. The van der Waals surface area contributed by atoms with Gasteiger partial charge in [0.25, 0.3) is 5.91 Å². The summed E-state index contributed by atoms with van der Waals surface area (Å²) in [6, 6.07) is 9.79. The van der Waals surface area contributed by atoms with Crippen LogP contribution < -0.4 is 16.2 Å². The lowest BCUT2D eigenvalue weighted by Gasteiger charge is -2.12. The largest absolute Gasteiger partial charge is 0.442 e. The van der Waals surface area contributed by atoms with Gasteiger partial charge in [0.15, 0.2) is 16.6 Å². The normalized spacial score (nSPS) is 14.9. The number of carbonyl (C=O) groups excluding carboxylic acids is 1. The summed E-state index contributed by atoms with van der Waals surface area (Å²) >= 11 is 0.920. The molecule has 168 valence electrons. The summed E-state index contributed by atoms with van der Waals surface area (Å²) in [6.45, 7) is 1.62. The molecule has 11 heteroatoms. The van der Waals surface area contributed by atoms with Crippen molar-refractivity contribution in [3.8, 4) is 16.5 Å². The lowest BCUT2D eigenvalue weighted by Crippen LogP contribution is -2.26. The fourth-order valence-electron chi connectivity index (χ4n) is 3.85. The second-order valence-electron chi connectivity index (χ2n) is 7.56. The van der Waals surface area contributed by atoms with E-state index < -0.39 is 17.4 Å². The number of aryl methyl sites for hydroxylation is 2. The maximum atomic E-state index is 14.8. The third-order valence-electron chi connectivity index (χ3n) is 5.42. The third kappa shape index (κ3) is 3.69. The quantitative estimate of drug-likeness (QED) is 0.482. The molecule has 2 N–H and O–H groups in total. The van der Waals surface area contributed by atoms with Crippen LogP contribution in [0.25, 0.3) is 5.69 Å². The van der Waals surface area contributed by atoms with Gasteiger partial charge in [-0.15, -0.1) is 5.10 Å². The van der Waals surface area contributed by atoms with Crippen LogP contribution in [0.2, 0.25) is 0 Å². The molecule has 0 spiro atoms. The van der Waals surface area contributed by atoms with E-state index in [1.165, 1.54) is 24.3 Å². The van der Waals surface area contributed by atoms with Crippen LogP contribution in [0.15, 0.2) is 47.3 Å². The summed E-state index contributed by atoms with van der Waals surface area (Å²) in [7, 11) is 0. The van der Waals surface area contributed by atoms with Crippen molar-refractivity contribution >= 4 is 17.2 Å². The van der Waals surface area contributed by atoms with Gasteiger partial charge in [-0.2, -0.15) is 4.68 Å². The Morgan fingerprint density at radius 2 is 1.97 bits per heavy atom. The van der Waals surface area contributed by atoms with Gasteiger partial charge in [0.1, 0.15) is 11.6 Å². The zero-order valence-corrected chi connectivity index (χ0v) is 18.1. The van der Waals surface area contributed by atoms with Gasteiger partial charge >= 0.3 is 5.69 Å². The molecule has 0 aliphatic carbocycles. The Balaban J connectivity index is 1.45. The molecule has 0 saturated heterocycles.